The van der Waals surface area contributed by atoms with Gasteiger partial charge < -0.3 is 9.84 Å². The molecule has 9 heteroatoms. The number of carbonyl (C=O) groups is 1. The highest BCUT2D eigenvalue weighted by Gasteiger charge is 2.39. The number of hydrogen-bond donors (Lipinski definition) is 1. The van der Waals surface area contributed by atoms with Crippen LogP contribution in [0, 0.1) is 5.82 Å². The number of rotatable bonds is 5. The number of ether oxygens (including phenoxy) is 1. The van der Waals surface area contributed by atoms with E-state index in [1.165, 1.54) is 19.2 Å². The Bertz CT molecular complexity index is 919. The van der Waals surface area contributed by atoms with Gasteiger partial charge >= 0.3 is 12.1 Å². The second kappa shape index (κ2) is 8.20. The van der Waals surface area contributed by atoms with Crippen LogP contribution < -0.4 is 4.74 Å². The van der Waals surface area contributed by atoms with E-state index in [-0.39, 0.29) is 21.9 Å². The summed E-state index contributed by atoms with van der Waals surface area (Å²) in [6.45, 7) is 0.321. The highest BCUT2D eigenvalue weighted by atomic mass is 35.5. The molecule has 1 N–H and O–H groups in total. The van der Waals surface area contributed by atoms with E-state index >= 15 is 0 Å². The molecule has 1 fully saturated rings. The lowest BCUT2D eigenvalue weighted by Gasteiger charge is -2.33. The van der Waals surface area contributed by atoms with Crippen LogP contribution in [0.25, 0.3) is 0 Å². The molecule has 1 aliphatic heterocycles. The van der Waals surface area contributed by atoms with E-state index in [1.54, 1.807) is 4.90 Å². The van der Waals surface area contributed by atoms with Crippen LogP contribution in [0.3, 0.4) is 0 Å². The molecule has 2 unspecified atom stereocenters. The number of hydrogen-bond acceptors (Lipinski definition) is 3. The lowest BCUT2D eigenvalue weighted by molar-refractivity contribution is -0.143. The predicted octanol–water partition coefficient (Wildman–Crippen LogP) is 5.14. The first-order valence-corrected chi connectivity index (χ1v) is 9.20. The summed E-state index contributed by atoms with van der Waals surface area (Å²) < 4.78 is 59.1. The molecule has 3 rings (SSSR count). The van der Waals surface area contributed by atoms with Gasteiger partial charge in [0.1, 0.15) is 6.04 Å². The van der Waals surface area contributed by atoms with Crippen molar-refractivity contribution in [3.8, 4) is 5.75 Å². The Kier molecular flexibility index (Phi) is 6.05. The Morgan fingerprint density at radius 2 is 2.00 bits per heavy atom. The average Bonchev–Trinajstić information content (AvgIpc) is 3.12. The van der Waals surface area contributed by atoms with E-state index in [9.17, 15) is 27.5 Å². The normalized spacial score (nSPS) is 18.6. The molecule has 2 atom stereocenters. The van der Waals surface area contributed by atoms with Gasteiger partial charge in [0.25, 0.3) is 0 Å². The molecule has 4 nitrogen and oxygen atoms in total. The molecule has 0 radical (unpaired) electrons. The van der Waals surface area contributed by atoms with Crippen LogP contribution in [0.1, 0.15) is 35.6 Å². The van der Waals surface area contributed by atoms with Gasteiger partial charge in [-0.05, 0) is 54.3 Å². The van der Waals surface area contributed by atoms with Crippen LogP contribution in [0.4, 0.5) is 17.6 Å². The summed E-state index contributed by atoms with van der Waals surface area (Å²) in [5.41, 5.74) is -0.557. The SMILES string of the molecule is COc1ccc(C(c2cc(C(F)(F)F)ccc2Cl)N2CCCC2C(=O)O)cc1F. The van der Waals surface area contributed by atoms with Gasteiger partial charge in [-0.2, -0.15) is 13.2 Å². The quantitative estimate of drug-likeness (QED) is 0.666. The van der Waals surface area contributed by atoms with Crippen molar-refractivity contribution in [2.75, 3.05) is 13.7 Å². The maximum atomic E-state index is 14.4. The van der Waals surface area contributed by atoms with Crippen LogP contribution in [-0.2, 0) is 11.0 Å². The van der Waals surface area contributed by atoms with Crippen LogP contribution in [0.15, 0.2) is 36.4 Å². The predicted molar refractivity (Wildman–Crippen MR) is 98.6 cm³/mol. The minimum absolute atomic E-state index is 0.0288. The zero-order valence-electron chi connectivity index (χ0n) is 15.3. The second-order valence-corrected chi connectivity index (χ2v) is 7.17. The van der Waals surface area contributed by atoms with Crippen molar-refractivity contribution < 1.29 is 32.2 Å². The molecule has 156 valence electrons. The van der Waals surface area contributed by atoms with Crippen molar-refractivity contribution in [1.29, 1.82) is 0 Å². The monoisotopic (exact) mass is 431 g/mol. The molecule has 2 aromatic carbocycles. The molecular formula is C20H18ClF4NO3. The summed E-state index contributed by atoms with van der Waals surface area (Å²) >= 11 is 6.24. The summed E-state index contributed by atoms with van der Waals surface area (Å²) in [5, 5.41) is 9.60. The van der Waals surface area contributed by atoms with Crippen molar-refractivity contribution >= 4 is 17.6 Å². The van der Waals surface area contributed by atoms with Gasteiger partial charge in [-0.1, -0.05) is 17.7 Å². The molecule has 0 amide bonds. The summed E-state index contributed by atoms with van der Waals surface area (Å²) in [5.74, 6) is -1.83. The fraction of sp³-hybridized carbons (Fsp3) is 0.350. The minimum Gasteiger partial charge on any atom is -0.494 e. The summed E-state index contributed by atoms with van der Waals surface area (Å²) in [4.78, 5) is 13.3. The molecule has 0 saturated carbocycles. The summed E-state index contributed by atoms with van der Waals surface area (Å²) in [7, 11) is 1.29. The Balaban J connectivity index is 2.19. The number of carboxylic acids is 1. The van der Waals surface area contributed by atoms with Crippen molar-refractivity contribution in [2.45, 2.75) is 31.1 Å². The molecule has 0 aromatic heterocycles. The van der Waals surface area contributed by atoms with E-state index in [1.807, 2.05) is 0 Å². The third-order valence-electron chi connectivity index (χ3n) is 5.02. The number of methoxy groups -OCH3 is 1. The fourth-order valence-corrected chi connectivity index (χ4v) is 3.92. The standard InChI is InChI=1S/C20H18ClF4NO3/c1-29-17-7-4-11(9-15(17)22)18(26-8-2-3-16(26)19(27)28)13-10-12(20(23,24)25)5-6-14(13)21/h4-7,9-10,16,18H,2-3,8H2,1H3,(H,27,28). The maximum Gasteiger partial charge on any atom is 0.416 e. The Hall–Kier alpha value is -2.32. The molecule has 1 saturated heterocycles. The summed E-state index contributed by atoms with van der Waals surface area (Å²) in [6.07, 6.45) is -3.73. The lowest BCUT2D eigenvalue weighted by Crippen LogP contribution is -2.39. The molecule has 29 heavy (non-hydrogen) atoms. The third-order valence-corrected chi connectivity index (χ3v) is 5.36. The van der Waals surface area contributed by atoms with Gasteiger partial charge in [-0.3, -0.25) is 9.69 Å². The van der Waals surface area contributed by atoms with Crippen LogP contribution >= 0.6 is 11.6 Å². The van der Waals surface area contributed by atoms with E-state index in [0.717, 1.165) is 24.3 Å². The first-order chi connectivity index (χ1) is 13.6. The lowest BCUT2D eigenvalue weighted by atomic mass is 9.94. The van der Waals surface area contributed by atoms with Gasteiger partial charge in [0.15, 0.2) is 11.6 Å². The number of nitrogens with zero attached hydrogens (tertiary/aromatic N) is 1. The van der Waals surface area contributed by atoms with Gasteiger partial charge in [0, 0.05) is 11.6 Å². The van der Waals surface area contributed by atoms with Crippen molar-refractivity contribution in [3.63, 3.8) is 0 Å². The molecule has 0 bridgehead atoms. The fourth-order valence-electron chi connectivity index (χ4n) is 3.70. The summed E-state index contributed by atoms with van der Waals surface area (Å²) in [6, 6.07) is 4.98. The Labute approximate surface area is 169 Å². The second-order valence-electron chi connectivity index (χ2n) is 6.76. The van der Waals surface area contributed by atoms with E-state index in [4.69, 9.17) is 16.3 Å². The minimum atomic E-state index is -4.60. The first kappa shape index (κ1) is 21.4. The van der Waals surface area contributed by atoms with Gasteiger partial charge in [-0.25, -0.2) is 4.39 Å². The molecule has 0 aliphatic carbocycles. The number of likely N-dealkylation sites (tertiary alicyclic amines) is 1. The van der Waals surface area contributed by atoms with Crippen LogP contribution in [0.2, 0.25) is 5.02 Å². The van der Waals surface area contributed by atoms with Gasteiger partial charge in [0.2, 0.25) is 0 Å². The number of aliphatic carboxylic acids is 1. The Morgan fingerprint density at radius 1 is 1.28 bits per heavy atom. The largest absolute Gasteiger partial charge is 0.494 e. The van der Waals surface area contributed by atoms with Gasteiger partial charge in [-0.15, -0.1) is 0 Å². The van der Waals surface area contributed by atoms with Crippen molar-refractivity contribution in [2.24, 2.45) is 0 Å². The molecule has 1 heterocycles. The smallest absolute Gasteiger partial charge is 0.416 e. The van der Waals surface area contributed by atoms with E-state index in [2.05, 4.69) is 0 Å². The number of halogens is 5. The zero-order chi connectivity index (χ0) is 21.3. The zero-order valence-corrected chi connectivity index (χ0v) is 16.1. The van der Waals surface area contributed by atoms with Crippen molar-refractivity contribution in [1.82, 2.24) is 4.90 Å². The van der Waals surface area contributed by atoms with Crippen molar-refractivity contribution in [3.05, 3.63) is 63.9 Å². The molecule has 0 spiro atoms. The number of benzene rings is 2. The van der Waals surface area contributed by atoms with E-state index < -0.39 is 35.6 Å². The topological polar surface area (TPSA) is 49.8 Å². The number of carboxylic acid groups (broad SMARTS) is 1. The molecule has 1 aliphatic rings. The molecule has 2 aromatic rings. The highest BCUT2D eigenvalue weighted by Crippen LogP contribution is 2.41. The third kappa shape index (κ3) is 4.33. The highest BCUT2D eigenvalue weighted by molar-refractivity contribution is 6.31. The van der Waals surface area contributed by atoms with Crippen LogP contribution in [-0.4, -0.2) is 35.7 Å². The first-order valence-electron chi connectivity index (χ1n) is 8.82. The Morgan fingerprint density at radius 3 is 2.59 bits per heavy atom. The number of alkyl halides is 3. The van der Waals surface area contributed by atoms with E-state index in [0.29, 0.717) is 19.4 Å². The van der Waals surface area contributed by atoms with Crippen LogP contribution in [0.5, 0.6) is 5.75 Å². The average molecular weight is 432 g/mol. The maximum absolute atomic E-state index is 14.4. The van der Waals surface area contributed by atoms with Gasteiger partial charge in [0.05, 0.1) is 18.7 Å². The molecular weight excluding hydrogens is 414 g/mol.